The fourth-order valence-corrected chi connectivity index (χ4v) is 3.33. The molecule has 1 aliphatic rings. The second-order valence-electron chi connectivity index (χ2n) is 5.54. The van der Waals surface area contributed by atoms with Crippen LogP contribution in [-0.4, -0.2) is 52.0 Å². The van der Waals surface area contributed by atoms with Crippen molar-refractivity contribution in [2.24, 2.45) is 0 Å². The van der Waals surface area contributed by atoms with E-state index in [2.05, 4.69) is 15.0 Å². The predicted octanol–water partition coefficient (Wildman–Crippen LogP) is 2.35. The SMILES string of the molecule is O=C(c1ccco1)N1CCN(Cc2noc(-c3cccs3)n2)CC1. The molecule has 0 aromatic carbocycles. The molecular weight excluding hydrogens is 328 g/mol. The van der Waals surface area contributed by atoms with Gasteiger partial charge in [0.05, 0.1) is 17.7 Å². The normalized spacial score (nSPS) is 15.8. The van der Waals surface area contributed by atoms with Gasteiger partial charge < -0.3 is 13.8 Å². The van der Waals surface area contributed by atoms with E-state index in [0.29, 0.717) is 37.1 Å². The Kier molecular flexibility index (Phi) is 4.14. The van der Waals surface area contributed by atoms with Crippen molar-refractivity contribution in [1.82, 2.24) is 19.9 Å². The monoisotopic (exact) mass is 344 g/mol. The molecule has 3 aromatic rings. The molecule has 1 aliphatic heterocycles. The number of furan rings is 1. The zero-order valence-corrected chi connectivity index (χ0v) is 13.7. The van der Waals surface area contributed by atoms with Crippen LogP contribution in [0.3, 0.4) is 0 Å². The molecule has 124 valence electrons. The molecule has 4 heterocycles. The Labute approximate surface area is 142 Å². The topological polar surface area (TPSA) is 75.6 Å². The quantitative estimate of drug-likeness (QED) is 0.723. The van der Waals surface area contributed by atoms with E-state index >= 15 is 0 Å². The minimum atomic E-state index is -0.0563. The molecule has 0 N–H and O–H groups in total. The zero-order chi connectivity index (χ0) is 16.4. The average molecular weight is 344 g/mol. The standard InChI is InChI=1S/C16H16N4O3S/c21-16(12-3-1-9-22-12)20-7-5-19(6-8-20)11-14-17-15(23-18-14)13-4-2-10-24-13/h1-4,9-10H,5-8,11H2. The number of hydrogen-bond acceptors (Lipinski definition) is 7. The Morgan fingerprint density at radius 3 is 2.79 bits per heavy atom. The first-order valence-corrected chi connectivity index (χ1v) is 8.59. The Morgan fingerprint density at radius 2 is 2.08 bits per heavy atom. The maximum Gasteiger partial charge on any atom is 0.289 e. The number of thiophene rings is 1. The van der Waals surface area contributed by atoms with Gasteiger partial charge in [0.1, 0.15) is 0 Å². The highest BCUT2D eigenvalue weighted by atomic mass is 32.1. The van der Waals surface area contributed by atoms with Crippen molar-refractivity contribution in [3.63, 3.8) is 0 Å². The number of amides is 1. The molecule has 0 spiro atoms. The smallest absolute Gasteiger partial charge is 0.289 e. The molecule has 8 heteroatoms. The summed E-state index contributed by atoms with van der Waals surface area (Å²) in [7, 11) is 0. The van der Waals surface area contributed by atoms with Gasteiger partial charge in [-0.15, -0.1) is 11.3 Å². The van der Waals surface area contributed by atoms with Crippen LogP contribution in [-0.2, 0) is 6.54 Å². The summed E-state index contributed by atoms with van der Waals surface area (Å²) < 4.78 is 10.5. The fourth-order valence-electron chi connectivity index (χ4n) is 2.68. The lowest BCUT2D eigenvalue weighted by Gasteiger charge is -2.33. The average Bonchev–Trinajstić information content (AvgIpc) is 3.36. The van der Waals surface area contributed by atoms with Crippen LogP contribution in [0.15, 0.2) is 44.8 Å². The number of hydrogen-bond donors (Lipinski definition) is 0. The fraction of sp³-hybridized carbons (Fsp3) is 0.312. The first-order chi connectivity index (χ1) is 11.8. The molecule has 1 amide bonds. The van der Waals surface area contributed by atoms with Gasteiger partial charge in [-0.25, -0.2) is 0 Å². The van der Waals surface area contributed by atoms with Gasteiger partial charge in [-0.1, -0.05) is 11.2 Å². The molecule has 4 rings (SSSR count). The Hall–Kier alpha value is -2.45. The summed E-state index contributed by atoms with van der Waals surface area (Å²) in [6.07, 6.45) is 1.52. The molecule has 0 atom stereocenters. The third kappa shape index (κ3) is 3.10. The van der Waals surface area contributed by atoms with Crippen LogP contribution in [0.25, 0.3) is 10.8 Å². The van der Waals surface area contributed by atoms with Crippen LogP contribution >= 0.6 is 11.3 Å². The predicted molar refractivity (Wildman–Crippen MR) is 87.5 cm³/mol. The molecule has 7 nitrogen and oxygen atoms in total. The van der Waals surface area contributed by atoms with E-state index in [0.717, 1.165) is 18.0 Å². The Morgan fingerprint density at radius 1 is 1.21 bits per heavy atom. The van der Waals surface area contributed by atoms with E-state index in [-0.39, 0.29) is 5.91 Å². The van der Waals surface area contributed by atoms with Crippen LogP contribution in [0.2, 0.25) is 0 Å². The molecule has 0 radical (unpaired) electrons. The number of nitrogens with zero attached hydrogens (tertiary/aromatic N) is 4. The van der Waals surface area contributed by atoms with Crippen molar-refractivity contribution in [3.05, 3.63) is 47.5 Å². The third-order valence-corrected chi connectivity index (χ3v) is 4.81. The number of piperazine rings is 1. The molecule has 0 bridgehead atoms. The van der Waals surface area contributed by atoms with Gasteiger partial charge in [0.2, 0.25) is 0 Å². The molecular formula is C16H16N4O3S. The van der Waals surface area contributed by atoms with Gasteiger partial charge in [-0.3, -0.25) is 9.69 Å². The van der Waals surface area contributed by atoms with Crippen LogP contribution < -0.4 is 0 Å². The number of carbonyl (C=O) groups is 1. The first-order valence-electron chi connectivity index (χ1n) is 7.71. The molecule has 1 saturated heterocycles. The Balaban J connectivity index is 1.33. The van der Waals surface area contributed by atoms with Crippen molar-refractivity contribution < 1.29 is 13.7 Å². The number of rotatable bonds is 4. The molecule has 0 aliphatic carbocycles. The summed E-state index contributed by atoms with van der Waals surface area (Å²) >= 11 is 1.57. The van der Waals surface area contributed by atoms with Crippen molar-refractivity contribution >= 4 is 17.2 Å². The van der Waals surface area contributed by atoms with Crippen molar-refractivity contribution in [3.8, 4) is 10.8 Å². The van der Waals surface area contributed by atoms with Gasteiger partial charge in [0, 0.05) is 26.2 Å². The summed E-state index contributed by atoms with van der Waals surface area (Å²) in [4.78, 5) is 21.7. The van der Waals surface area contributed by atoms with E-state index in [9.17, 15) is 4.79 Å². The van der Waals surface area contributed by atoms with Gasteiger partial charge in [-0.05, 0) is 23.6 Å². The summed E-state index contributed by atoms with van der Waals surface area (Å²) in [6, 6.07) is 7.34. The highest BCUT2D eigenvalue weighted by molar-refractivity contribution is 7.13. The van der Waals surface area contributed by atoms with E-state index in [4.69, 9.17) is 8.94 Å². The Bertz CT molecular complexity index is 789. The van der Waals surface area contributed by atoms with Gasteiger partial charge in [-0.2, -0.15) is 4.98 Å². The van der Waals surface area contributed by atoms with Crippen molar-refractivity contribution in [2.75, 3.05) is 26.2 Å². The zero-order valence-electron chi connectivity index (χ0n) is 12.9. The second-order valence-corrected chi connectivity index (χ2v) is 6.49. The lowest BCUT2D eigenvalue weighted by Crippen LogP contribution is -2.48. The summed E-state index contributed by atoms with van der Waals surface area (Å²) in [6.45, 7) is 3.49. The van der Waals surface area contributed by atoms with Crippen LogP contribution in [0, 0.1) is 0 Å². The first kappa shape index (κ1) is 15.1. The van der Waals surface area contributed by atoms with E-state index in [1.165, 1.54) is 6.26 Å². The second kappa shape index (κ2) is 6.58. The third-order valence-electron chi connectivity index (χ3n) is 3.96. The van der Waals surface area contributed by atoms with E-state index in [1.807, 2.05) is 22.4 Å². The molecule has 24 heavy (non-hydrogen) atoms. The number of carbonyl (C=O) groups excluding carboxylic acids is 1. The largest absolute Gasteiger partial charge is 0.459 e. The minimum Gasteiger partial charge on any atom is -0.459 e. The maximum absolute atomic E-state index is 12.2. The minimum absolute atomic E-state index is 0.0563. The van der Waals surface area contributed by atoms with E-state index < -0.39 is 0 Å². The summed E-state index contributed by atoms with van der Waals surface area (Å²) in [5.74, 6) is 1.57. The van der Waals surface area contributed by atoms with Crippen LogP contribution in [0.1, 0.15) is 16.4 Å². The maximum atomic E-state index is 12.2. The lowest BCUT2D eigenvalue weighted by atomic mass is 10.3. The van der Waals surface area contributed by atoms with Crippen LogP contribution in [0.4, 0.5) is 0 Å². The molecule has 3 aromatic heterocycles. The molecule has 0 unspecified atom stereocenters. The van der Waals surface area contributed by atoms with Crippen molar-refractivity contribution in [2.45, 2.75) is 6.54 Å². The van der Waals surface area contributed by atoms with Gasteiger partial charge in [0.15, 0.2) is 11.6 Å². The summed E-state index contributed by atoms with van der Waals surface area (Å²) in [5.41, 5.74) is 0. The highest BCUT2D eigenvalue weighted by Gasteiger charge is 2.24. The lowest BCUT2D eigenvalue weighted by molar-refractivity contribution is 0.0594. The van der Waals surface area contributed by atoms with Crippen LogP contribution in [0.5, 0.6) is 0 Å². The van der Waals surface area contributed by atoms with Crippen molar-refractivity contribution in [1.29, 1.82) is 0 Å². The van der Waals surface area contributed by atoms with Gasteiger partial charge in [0.25, 0.3) is 11.8 Å². The summed E-state index contributed by atoms with van der Waals surface area (Å²) in [5, 5.41) is 6.03. The molecule has 1 fully saturated rings. The van der Waals surface area contributed by atoms with Gasteiger partial charge >= 0.3 is 0 Å². The highest BCUT2D eigenvalue weighted by Crippen LogP contribution is 2.22. The molecule has 0 saturated carbocycles. The van der Waals surface area contributed by atoms with E-state index in [1.54, 1.807) is 23.5 Å². The number of aromatic nitrogens is 2.